The van der Waals surface area contributed by atoms with Gasteiger partial charge in [0.1, 0.15) is 5.75 Å². The molecule has 1 N–H and O–H groups in total. The molecule has 2 amide bonds. The lowest BCUT2D eigenvalue weighted by atomic mass is 10.2. The first-order chi connectivity index (χ1) is 11.3. The monoisotopic (exact) mass is 366 g/mol. The molecule has 0 atom stereocenters. The lowest BCUT2D eigenvalue weighted by Crippen LogP contribution is -2.27. The van der Waals surface area contributed by atoms with Crippen LogP contribution < -0.4 is 10.1 Å². The van der Waals surface area contributed by atoms with Crippen molar-refractivity contribution in [3.63, 3.8) is 0 Å². The second-order valence-electron chi connectivity index (χ2n) is 5.21. The molecule has 5 nitrogen and oxygen atoms in total. The van der Waals surface area contributed by atoms with E-state index in [4.69, 9.17) is 27.9 Å². The van der Waals surface area contributed by atoms with Crippen LogP contribution in [-0.2, 0) is 4.79 Å². The number of rotatable bonds is 5. The number of nitrogens with one attached hydrogen (secondary N) is 1. The van der Waals surface area contributed by atoms with Gasteiger partial charge in [0, 0.05) is 35.4 Å². The number of carbonyl (C=O) groups excluding carboxylic acids is 2. The summed E-state index contributed by atoms with van der Waals surface area (Å²) >= 11 is 11.8. The molecule has 0 saturated heterocycles. The van der Waals surface area contributed by atoms with E-state index in [1.165, 1.54) is 17.0 Å². The van der Waals surface area contributed by atoms with E-state index in [0.29, 0.717) is 27.0 Å². The SMILES string of the molecule is CN(C)C(=O)COc1ccc(NC(=O)c2cc(Cl)cc(Cl)c2)cc1. The van der Waals surface area contributed by atoms with Crippen molar-refractivity contribution in [3.8, 4) is 5.75 Å². The van der Waals surface area contributed by atoms with Crippen molar-refractivity contribution in [1.82, 2.24) is 4.90 Å². The maximum Gasteiger partial charge on any atom is 0.259 e. The summed E-state index contributed by atoms with van der Waals surface area (Å²) in [6, 6.07) is 11.3. The van der Waals surface area contributed by atoms with Crippen molar-refractivity contribution in [2.24, 2.45) is 0 Å². The van der Waals surface area contributed by atoms with Gasteiger partial charge in [-0.05, 0) is 42.5 Å². The molecule has 0 bridgehead atoms. The molecule has 0 unspecified atom stereocenters. The lowest BCUT2D eigenvalue weighted by molar-refractivity contribution is -0.130. The van der Waals surface area contributed by atoms with E-state index >= 15 is 0 Å². The zero-order chi connectivity index (χ0) is 17.7. The van der Waals surface area contributed by atoms with Crippen molar-refractivity contribution >= 4 is 40.7 Å². The average Bonchev–Trinajstić information content (AvgIpc) is 2.52. The number of hydrogen-bond donors (Lipinski definition) is 1. The molecule has 0 heterocycles. The number of likely N-dealkylation sites (N-methyl/N-ethyl adjacent to an activating group) is 1. The summed E-state index contributed by atoms with van der Waals surface area (Å²) in [5.74, 6) is 0.0788. The number of carbonyl (C=O) groups is 2. The quantitative estimate of drug-likeness (QED) is 0.877. The van der Waals surface area contributed by atoms with Crippen LogP contribution in [0.15, 0.2) is 42.5 Å². The Morgan fingerprint density at radius 2 is 1.62 bits per heavy atom. The number of halogens is 2. The number of amides is 2. The fourth-order valence-corrected chi connectivity index (χ4v) is 2.32. The molecule has 2 rings (SSSR count). The van der Waals surface area contributed by atoms with Crippen LogP contribution in [-0.4, -0.2) is 37.4 Å². The standard InChI is InChI=1S/C17H16Cl2N2O3/c1-21(2)16(22)10-24-15-5-3-14(4-6-15)20-17(23)11-7-12(18)9-13(19)8-11/h3-9H,10H2,1-2H3,(H,20,23). The first kappa shape index (κ1) is 18.1. The predicted molar refractivity (Wildman–Crippen MR) is 95.0 cm³/mol. The van der Waals surface area contributed by atoms with Gasteiger partial charge >= 0.3 is 0 Å². The number of benzene rings is 2. The predicted octanol–water partition coefficient (Wildman–Crippen LogP) is 3.71. The maximum absolute atomic E-state index is 12.2. The highest BCUT2D eigenvalue weighted by Crippen LogP contribution is 2.21. The largest absolute Gasteiger partial charge is 0.484 e. The highest BCUT2D eigenvalue weighted by molar-refractivity contribution is 6.35. The number of hydrogen-bond acceptors (Lipinski definition) is 3. The van der Waals surface area contributed by atoms with Gasteiger partial charge in [-0.25, -0.2) is 0 Å². The van der Waals surface area contributed by atoms with Crippen LogP contribution >= 0.6 is 23.2 Å². The van der Waals surface area contributed by atoms with Gasteiger partial charge in [0.2, 0.25) is 0 Å². The summed E-state index contributed by atoms with van der Waals surface area (Å²) in [5, 5.41) is 3.52. The van der Waals surface area contributed by atoms with E-state index in [9.17, 15) is 9.59 Å². The molecular weight excluding hydrogens is 351 g/mol. The Morgan fingerprint density at radius 1 is 1.04 bits per heavy atom. The maximum atomic E-state index is 12.2. The second-order valence-corrected chi connectivity index (χ2v) is 6.09. The summed E-state index contributed by atoms with van der Waals surface area (Å²) in [6.07, 6.45) is 0. The zero-order valence-corrected chi connectivity index (χ0v) is 14.7. The van der Waals surface area contributed by atoms with Crippen molar-refractivity contribution in [3.05, 3.63) is 58.1 Å². The van der Waals surface area contributed by atoms with E-state index < -0.39 is 0 Å². The van der Waals surface area contributed by atoms with Gasteiger partial charge in [-0.1, -0.05) is 23.2 Å². The van der Waals surface area contributed by atoms with Gasteiger partial charge in [0.15, 0.2) is 6.61 Å². The van der Waals surface area contributed by atoms with Gasteiger partial charge in [-0.2, -0.15) is 0 Å². The third-order valence-electron chi connectivity index (χ3n) is 3.10. The van der Waals surface area contributed by atoms with Gasteiger partial charge in [0.05, 0.1) is 0 Å². The summed E-state index contributed by atoms with van der Waals surface area (Å²) < 4.78 is 5.37. The molecule has 24 heavy (non-hydrogen) atoms. The van der Waals surface area contributed by atoms with E-state index in [2.05, 4.69) is 5.32 Å². The summed E-state index contributed by atoms with van der Waals surface area (Å²) in [6.45, 7) is -0.0419. The van der Waals surface area contributed by atoms with Crippen LogP contribution in [0.1, 0.15) is 10.4 Å². The zero-order valence-electron chi connectivity index (χ0n) is 13.2. The molecule has 2 aromatic rings. The highest BCUT2D eigenvalue weighted by Gasteiger charge is 2.09. The smallest absolute Gasteiger partial charge is 0.259 e. The lowest BCUT2D eigenvalue weighted by Gasteiger charge is -2.12. The Kier molecular flexibility index (Phi) is 6.06. The van der Waals surface area contributed by atoms with E-state index in [1.54, 1.807) is 44.4 Å². The minimum atomic E-state index is -0.323. The molecule has 0 aromatic heterocycles. The third kappa shape index (κ3) is 5.15. The Hall–Kier alpha value is -2.24. The Balaban J connectivity index is 1.98. The van der Waals surface area contributed by atoms with Crippen molar-refractivity contribution < 1.29 is 14.3 Å². The van der Waals surface area contributed by atoms with Crippen LogP contribution in [0.3, 0.4) is 0 Å². The van der Waals surface area contributed by atoms with Crippen LogP contribution in [0.5, 0.6) is 5.75 Å². The van der Waals surface area contributed by atoms with E-state index in [0.717, 1.165) is 0 Å². The molecule has 0 fully saturated rings. The summed E-state index contributed by atoms with van der Waals surface area (Å²) in [7, 11) is 3.32. The number of ether oxygens (including phenoxy) is 1. The first-order valence-corrected chi connectivity index (χ1v) is 7.81. The van der Waals surface area contributed by atoms with Crippen molar-refractivity contribution in [2.75, 3.05) is 26.0 Å². The molecule has 0 aliphatic heterocycles. The molecular formula is C17H16Cl2N2O3. The van der Waals surface area contributed by atoms with E-state index in [-0.39, 0.29) is 18.4 Å². The topological polar surface area (TPSA) is 58.6 Å². The Labute approximate surface area is 150 Å². The minimum absolute atomic E-state index is 0.0419. The highest BCUT2D eigenvalue weighted by atomic mass is 35.5. The molecule has 126 valence electrons. The van der Waals surface area contributed by atoms with Crippen LogP contribution in [0, 0.1) is 0 Å². The normalized spacial score (nSPS) is 10.2. The minimum Gasteiger partial charge on any atom is -0.484 e. The van der Waals surface area contributed by atoms with Crippen molar-refractivity contribution in [2.45, 2.75) is 0 Å². The Morgan fingerprint density at radius 3 is 2.17 bits per heavy atom. The van der Waals surface area contributed by atoms with Crippen molar-refractivity contribution in [1.29, 1.82) is 0 Å². The van der Waals surface area contributed by atoms with E-state index in [1.807, 2.05) is 0 Å². The van der Waals surface area contributed by atoms with Gasteiger partial charge in [0.25, 0.3) is 11.8 Å². The molecule has 7 heteroatoms. The fraction of sp³-hybridized carbons (Fsp3) is 0.176. The Bertz CT molecular complexity index is 726. The molecule has 0 aliphatic rings. The third-order valence-corrected chi connectivity index (χ3v) is 3.53. The first-order valence-electron chi connectivity index (χ1n) is 7.05. The molecule has 0 saturated carbocycles. The van der Waals surface area contributed by atoms with Gasteiger partial charge < -0.3 is 15.0 Å². The summed E-state index contributed by atoms with van der Waals surface area (Å²) in [4.78, 5) is 25.1. The van der Waals surface area contributed by atoms with Gasteiger partial charge in [-0.3, -0.25) is 9.59 Å². The van der Waals surface area contributed by atoms with Crippen LogP contribution in [0.2, 0.25) is 10.0 Å². The molecule has 0 aliphatic carbocycles. The molecule has 2 aromatic carbocycles. The number of anilines is 1. The fourth-order valence-electron chi connectivity index (χ4n) is 1.80. The average molecular weight is 367 g/mol. The molecule has 0 radical (unpaired) electrons. The van der Waals surface area contributed by atoms with Gasteiger partial charge in [-0.15, -0.1) is 0 Å². The van der Waals surface area contributed by atoms with Crippen LogP contribution in [0.25, 0.3) is 0 Å². The number of nitrogens with zero attached hydrogens (tertiary/aromatic N) is 1. The summed E-state index contributed by atoms with van der Waals surface area (Å²) in [5.41, 5.74) is 0.951. The second kappa shape index (κ2) is 8.04. The molecule has 0 spiro atoms. The van der Waals surface area contributed by atoms with Crippen LogP contribution in [0.4, 0.5) is 5.69 Å².